The van der Waals surface area contributed by atoms with E-state index < -0.39 is 5.82 Å². The fourth-order valence-electron chi connectivity index (χ4n) is 1.74. The highest BCUT2D eigenvalue weighted by Gasteiger charge is 2.15. The third-order valence-corrected chi connectivity index (χ3v) is 2.73. The van der Waals surface area contributed by atoms with Gasteiger partial charge in [0.05, 0.1) is 19.4 Å². The van der Waals surface area contributed by atoms with Crippen LogP contribution >= 0.6 is 0 Å². The van der Waals surface area contributed by atoms with Gasteiger partial charge in [-0.1, -0.05) is 0 Å². The summed E-state index contributed by atoms with van der Waals surface area (Å²) in [5.41, 5.74) is 0.248. The Kier molecular flexibility index (Phi) is 3.94. The van der Waals surface area contributed by atoms with Crippen LogP contribution in [0.5, 0.6) is 0 Å². The van der Waals surface area contributed by atoms with Crippen LogP contribution < -0.4 is 4.90 Å². The van der Waals surface area contributed by atoms with Crippen molar-refractivity contribution in [2.24, 2.45) is 0 Å². The fourth-order valence-corrected chi connectivity index (χ4v) is 1.74. The molecule has 18 heavy (non-hydrogen) atoms. The number of hydrogen-bond acceptors (Lipinski definition) is 4. The zero-order valence-corrected chi connectivity index (χ0v) is 10.1. The summed E-state index contributed by atoms with van der Waals surface area (Å²) < 4.78 is 19.3. The lowest BCUT2D eigenvalue weighted by molar-refractivity contribution is 0.275. The van der Waals surface area contributed by atoms with Gasteiger partial charge in [-0.15, -0.1) is 0 Å². The van der Waals surface area contributed by atoms with E-state index in [2.05, 4.69) is 4.98 Å². The molecule has 0 radical (unpaired) electrons. The summed E-state index contributed by atoms with van der Waals surface area (Å²) in [6.07, 6.45) is 3.08. The van der Waals surface area contributed by atoms with E-state index in [1.165, 1.54) is 12.3 Å². The molecule has 0 aliphatic carbocycles. The Morgan fingerprint density at radius 3 is 2.89 bits per heavy atom. The van der Waals surface area contributed by atoms with Crippen LogP contribution in [0.15, 0.2) is 35.1 Å². The average Bonchev–Trinajstić information content (AvgIpc) is 2.89. The first-order chi connectivity index (χ1) is 8.76. The first-order valence-corrected chi connectivity index (χ1v) is 5.77. The van der Waals surface area contributed by atoms with E-state index in [4.69, 9.17) is 9.52 Å². The Morgan fingerprint density at radius 2 is 2.28 bits per heavy atom. The Balaban J connectivity index is 2.27. The van der Waals surface area contributed by atoms with E-state index in [0.717, 1.165) is 5.76 Å². The molecule has 2 rings (SSSR count). The van der Waals surface area contributed by atoms with Crippen LogP contribution in [0, 0.1) is 5.82 Å². The second-order valence-corrected chi connectivity index (χ2v) is 3.86. The number of aliphatic hydroxyl groups excluding tert-OH is 1. The van der Waals surface area contributed by atoms with Gasteiger partial charge < -0.3 is 14.4 Å². The van der Waals surface area contributed by atoms with Crippen LogP contribution in [0.25, 0.3) is 0 Å². The number of nitrogens with zero attached hydrogens (tertiary/aromatic N) is 2. The van der Waals surface area contributed by atoms with Gasteiger partial charge in [0.2, 0.25) is 0 Å². The Hall–Kier alpha value is -1.88. The Labute approximate surface area is 105 Å². The summed E-state index contributed by atoms with van der Waals surface area (Å²) in [5.74, 6) is 0.501. The van der Waals surface area contributed by atoms with Gasteiger partial charge >= 0.3 is 0 Å². The summed E-state index contributed by atoms with van der Waals surface area (Å²) in [6.45, 7) is 2.62. The number of hydrogen-bond donors (Lipinski definition) is 1. The molecule has 0 amide bonds. The second-order valence-electron chi connectivity index (χ2n) is 3.86. The smallest absolute Gasteiger partial charge is 0.171 e. The van der Waals surface area contributed by atoms with Crippen LogP contribution in [-0.2, 0) is 13.2 Å². The molecular formula is C13H15FN2O2. The minimum absolute atomic E-state index is 0.237. The predicted molar refractivity (Wildman–Crippen MR) is 65.5 cm³/mol. The fraction of sp³-hybridized carbons (Fsp3) is 0.308. The number of rotatable bonds is 5. The van der Waals surface area contributed by atoms with Crippen LogP contribution in [0.1, 0.15) is 18.2 Å². The van der Waals surface area contributed by atoms with Gasteiger partial charge in [-0.25, -0.2) is 9.37 Å². The van der Waals surface area contributed by atoms with Crippen molar-refractivity contribution in [3.63, 3.8) is 0 Å². The number of anilines is 1. The van der Waals surface area contributed by atoms with Crippen molar-refractivity contribution in [3.05, 3.63) is 47.8 Å². The molecule has 4 nitrogen and oxygen atoms in total. The van der Waals surface area contributed by atoms with E-state index >= 15 is 0 Å². The van der Waals surface area contributed by atoms with E-state index in [-0.39, 0.29) is 18.0 Å². The number of furan rings is 1. The topological polar surface area (TPSA) is 49.5 Å². The number of aliphatic hydroxyl groups is 1. The van der Waals surface area contributed by atoms with Crippen LogP contribution in [0.2, 0.25) is 0 Å². The lowest BCUT2D eigenvalue weighted by atomic mass is 10.2. The van der Waals surface area contributed by atoms with Gasteiger partial charge in [0, 0.05) is 18.3 Å². The molecular weight excluding hydrogens is 235 g/mol. The molecule has 0 saturated carbocycles. The maximum absolute atomic E-state index is 14.0. The SMILES string of the molecule is CCN(Cc1ccco1)c1nccc(CO)c1F. The molecule has 0 aliphatic heterocycles. The molecule has 0 saturated heterocycles. The molecule has 5 heteroatoms. The highest BCUT2D eigenvalue weighted by atomic mass is 19.1. The zero-order valence-electron chi connectivity index (χ0n) is 10.1. The third kappa shape index (κ3) is 2.51. The second kappa shape index (κ2) is 5.64. The van der Waals surface area contributed by atoms with E-state index in [1.807, 2.05) is 13.0 Å². The summed E-state index contributed by atoms with van der Waals surface area (Å²) in [5, 5.41) is 9.05. The van der Waals surface area contributed by atoms with Gasteiger partial charge in [-0.2, -0.15) is 0 Å². The van der Waals surface area contributed by atoms with Crippen molar-refractivity contribution in [2.75, 3.05) is 11.4 Å². The largest absolute Gasteiger partial charge is 0.467 e. The lowest BCUT2D eigenvalue weighted by Gasteiger charge is -2.21. The minimum Gasteiger partial charge on any atom is -0.467 e. The molecule has 2 aromatic heterocycles. The van der Waals surface area contributed by atoms with Gasteiger partial charge in [-0.3, -0.25) is 0 Å². The molecule has 0 spiro atoms. The average molecular weight is 250 g/mol. The quantitative estimate of drug-likeness (QED) is 0.884. The van der Waals surface area contributed by atoms with Crippen molar-refractivity contribution in [1.82, 2.24) is 4.98 Å². The Morgan fingerprint density at radius 1 is 1.44 bits per heavy atom. The normalized spacial score (nSPS) is 10.6. The summed E-state index contributed by atoms with van der Waals surface area (Å²) >= 11 is 0. The zero-order chi connectivity index (χ0) is 13.0. The molecule has 0 fully saturated rings. The van der Waals surface area contributed by atoms with Crippen molar-refractivity contribution in [3.8, 4) is 0 Å². The molecule has 1 N–H and O–H groups in total. The lowest BCUT2D eigenvalue weighted by Crippen LogP contribution is -2.24. The van der Waals surface area contributed by atoms with Crippen LogP contribution in [-0.4, -0.2) is 16.6 Å². The number of pyridine rings is 1. The molecule has 0 unspecified atom stereocenters. The highest BCUT2D eigenvalue weighted by molar-refractivity contribution is 5.43. The summed E-state index contributed by atoms with van der Waals surface area (Å²) in [4.78, 5) is 5.79. The first kappa shape index (κ1) is 12.6. The predicted octanol–water partition coefficient (Wildman–Crippen LogP) is 2.33. The molecule has 2 aromatic rings. The van der Waals surface area contributed by atoms with Gasteiger partial charge in [-0.05, 0) is 25.1 Å². The number of aromatic nitrogens is 1. The van der Waals surface area contributed by atoms with E-state index in [1.54, 1.807) is 17.2 Å². The van der Waals surface area contributed by atoms with Gasteiger partial charge in [0.1, 0.15) is 5.76 Å². The molecule has 0 bridgehead atoms. The molecule has 0 aromatic carbocycles. The molecule has 0 atom stereocenters. The van der Waals surface area contributed by atoms with Crippen molar-refractivity contribution >= 4 is 5.82 Å². The first-order valence-electron chi connectivity index (χ1n) is 5.77. The molecule has 96 valence electrons. The van der Waals surface area contributed by atoms with Crippen LogP contribution in [0.3, 0.4) is 0 Å². The molecule has 2 heterocycles. The van der Waals surface area contributed by atoms with Crippen molar-refractivity contribution in [1.29, 1.82) is 0 Å². The van der Waals surface area contributed by atoms with E-state index in [9.17, 15) is 4.39 Å². The third-order valence-electron chi connectivity index (χ3n) is 2.73. The molecule has 0 aliphatic rings. The highest BCUT2D eigenvalue weighted by Crippen LogP contribution is 2.21. The monoisotopic (exact) mass is 250 g/mol. The van der Waals surface area contributed by atoms with Crippen LogP contribution in [0.4, 0.5) is 10.2 Å². The van der Waals surface area contributed by atoms with E-state index in [0.29, 0.717) is 13.1 Å². The Bertz CT molecular complexity index is 500. The van der Waals surface area contributed by atoms with Gasteiger partial charge in [0.15, 0.2) is 11.6 Å². The standard InChI is InChI=1S/C13H15FN2O2/c1-2-16(8-11-4-3-7-18-11)13-12(14)10(9-17)5-6-15-13/h3-7,17H,2,8-9H2,1H3. The van der Waals surface area contributed by atoms with Crippen molar-refractivity contribution < 1.29 is 13.9 Å². The van der Waals surface area contributed by atoms with Crippen molar-refractivity contribution in [2.45, 2.75) is 20.1 Å². The maximum Gasteiger partial charge on any atom is 0.171 e. The maximum atomic E-state index is 14.0. The summed E-state index contributed by atoms with van der Waals surface area (Å²) in [7, 11) is 0. The van der Waals surface area contributed by atoms with Gasteiger partial charge in [0.25, 0.3) is 0 Å². The number of halogens is 1. The minimum atomic E-state index is -0.478. The summed E-state index contributed by atoms with van der Waals surface area (Å²) in [6, 6.07) is 5.09.